The molecule has 0 aliphatic carbocycles. The van der Waals surface area contributed by atoms with Gasteiger partial charge in [0.05, 0.1) is 17.4 Å². The smallest absolute Gasteiger partial charge is 0.339 e. The zero-order chi connectivity index (χ0) is 10.9. The van der Waals surface area contributed by atoms with Crippen LogP contribution in [-0.4, -0.2) is 20.9 Å². The van der Waals surface area contributed by atoms with Gasteiger partial charge >= 0.3 is 5.97 Å². The minimum atomic E-state index is -0.905. The van der Waals surface area contributed by atoms with E-state index in [1.807, 2.05) is 27.7 Å². The van der Waals surface area contributed by atoms with E-state index in [1.54, 1.807) is 4.68 Å². The molecule has 0 spiro atoms. The van der Waals surface area contributed by atoms with Gasteiger partial charge in [0.2, 0.25) is 0 Å². The third kappa shape index (κ3) is 1.78. The molecule has 0 saturated heterocycles. The maximum Gasteiger partial charge on any atom is 0.339 e. The largest absolute Gasteiger partial charge is 0.478 e. The summed E-state index contributed by atoms with van der Waals surface area (Å²) >= 11 is 0. The topological polar surface area (TPSA) is 55.1 Å². The van der Waals surface area contributed by atoms with Gasteiger partial charge in [-0.05, 0) is 27.2 Å². The number of aromatic carboxylic acids is 1. The van der Waals surface area contributed by atoms with Gasteiger partial charge in [0, 0.05) is 0 Å². The SMILES string of the molecule is CCc1c(C(=O)O)cnn1C(C)(C)C. The molecule has 4 nitrogen and oxygen atoms in total. The highest BCUT2D eigenvalue weighted by molar-refractivity contribution is 5.88. The summed E-state index contributed by atoms with van der Waals surface area (Å²) in [7, 11) is 0. The highest BCUT2D eigenvalue weighted by Gasteiger charge is 2.22. The molecule has 1 heterocycles. The normalized spacial score (nSPS) is 11.7. The zero-order valence-corrected chi connectivity index (χ0v) is 9.03. The molecule has 0 atom stereocenters. The Morgan fingerprint density at radius 3 is 2.50 bits per heavy atom. The number of nitrogens with zero attached hydrogens (tertiary/aromatic N) is 2. The van der Waals surface area contributed by atoms with Gasteiger partial charge in [-0.15, -0.1) is 0 Å². The van der Waals surface area contributed by atoms with Crippen LogP contribution in [0.15, 0.2) is 6.20 Å². The highest BCUT2D eigenvalue weighted by atomic mass is 16.4. The molecule has 0 fully saturated rings. The van der Waals surface area contributed by atoms with Crippen molar-refractivity contribution in [3.8, 4) is 0 Å². The summed E-state index contributed by atoms with van der Waals surface area (Å²) in [6.45, 7) is 7.95. The molecule has 1 aromatic heterocycles. The molecule has 4 heteroatoms. The van der Waals surface area contributed by atoms with Crippen LogP contribution in [0.25, 0.3) is 0 Å². The Bertz CT molecular complexity index is 347. The summed E-state index contributed by atoms with van der Waals surface area (Å²) in [5.74, 6) is -0.905. The Balaban J connectivity index is 3.28. The van der Waals surface area contributed by atoms with Crippen LogP contribution in [0.1, 0.15) is 43.7 Å². The van der Waals surface area contributed by atoms with Crippen molar-refractivity contribution in [3.05, 3.63) is 17.5 Å². The van der Waals surface area contributed by atoms with E-state index in [0.29, 0.717) is 12.0 Å². The highest BCUT2D eigenvalue weighted by Crippen LogP contribution is 2.19. The summed E-state index contributed by atoms with van der Waals surface area (Å²) < 4.78 is 1.77. The maximum absolute atomic E-state index is 10.9. The van der Waals surface area contributed by atoms with Gasteiger partial charge in [-0.2, -0.15) is 5.10 Å². The Hall–Kier alpha value is -1.32. The van der Waals surface area contributed by atoms with E-state index in [2.05, 4.69) is 5.10 Å². The van der Waals surface area contributed by atoms with E-state index in [1.165, 1.54) is 6.20 Å². The third-order valence-corrected chi connectivity index (χ3v) is 2.07. The van der Waals surface area contributed by atoms with Crippen LogP contribution in [0, 0.1) is 0 Å². The average molecular weight is 196 g/mol. The number of rotatable bonds is 2. The molecular formula is C10H16N2O2. The minimum Gasteiger partial charge on any atom is -0.478 e. The quantitative estimate of drug-likeness (QED) is 0.786. The lowest BCUT2D eigenvalue weighted by Crippen LogP contribution is -2.25. The van der Waals surface area contributed by atoms with Gasteiger partial charge in [0.25, 0.3) is 0 Å². The van der Waals surface area contributed by atoms with Gasteiger partial charge in [-0.1, -0.05) is 6.92 Å². The Kier molecular flexibility index (Phi) is 2.64. The minimum absolute atomic E-state index is 0.168. The molecule has 78 valence electrons. The second-order valence-electron chi connectivity index (χ2n) is 4.25. The Labute approximate surface area is 83.5 Å². The predicted octanol–water partition coefficient (Wildman–Crippen LogP) is 1.90. The fourth-order valence-electron chi connectivity index (χ4n) is 1.47. The van der Waals surface area contributed by atoms with Crippen LogP contribution >= 0.6 is 0 Å². The first-order valence-corrected chi connectivity index (χ1v) is 4.68. The van der Waals surface area contributed by atoms with E-state index in [4.69, 9.17) is 5.11 Å². The molecule has 0 aromatic carbocycles. The van der Waals surface area contributed by atoms with E-state index in [-0.39, 0.29) is 5.54 Å². The molecule has 1 N–H and O–H groups in total. The van der Waals surface area contributed by atoms with Crippen LogP contribution in [0.5, 0.6) is 0 Å². The summed E-state index contributed by atoms with van der Waals surface area (Å²) in [5.41, 5.74) is 0.923. The lowest BCUT2D eigenvalue weighted by atomic mass is 10.1. The predicted molar refractivity (Wildman–Crippen MR) is 53.6 cm³/mol. The molecular weight excluding hydrogens is 180 g/mol. The molecule has 1 aromatic rings. The van der Waals surface area contributed by atoms with Crippen molar-refractivity contribution >= 4 is 5.97 Å². The average Bonchev–Trinajstić information content (AvgIpc) is 2.45. The lowest BCUT2D eigenvalue weighted by molar-refractivity contribution is 0.0695. The van der Waals surface area contributed by atoms with Crippen molar-refractivity contribution in [2.75, 3.05) is 0 Å². The standard InChI is InChI=1S/C10H16N2O2/c1-5-8-7(9(13)14)6-11-12(8)10(2,3)4/h6H,5H2,1-4H3,(H,13,14). The second kappa shape index (κ2) is 3.44. The summed E-state index contributed by atoms with van der Waals surface area (Å²) in [6.07, 6.45) is 2.10. The number of carbonyl (C=O) groups is 1. The zero-order valence-electron chi connectivity index (χ0n) is 9.03. The van der Waals surface area contributed by atoms with Gasteiger partial charge in [0.15, 0.2) is 0 Å². The number of aromatic nitrogens is 2. The Morgan fingerprint density at radius 2 is 2.14 bits per heavy atom. The van der Waals surface area contributed by atoms with Gasteiger partial charge in [-0.3, -0.25) is 4.68 Å². The summed E-state index contributed by atoms with van der Waals surface area (Å²) in [5, 5.41) is 13.0. The molecule has 0 unspecified atom stereocenters. The molecule has 0 radical (unpaired) electrons. The van der Waals surface area contributed by atoms with E-state index >= 15 is 0 Å². The first-order chi connectivity index (χ1) is 6.38. The third-order valence-electron chi connectivity index (χ3n) is 2.07. The first-order valence-electron chi connectivity index (χ1n) is 4.68. The molecule has 0 aliphatic heterocycles. The number of hydrogen-bond donors (Lipinski definition) is 1. The van der Waals surface area contributed by atoms with Crippen molar-refractivity contribution in [3.63, 3.8) is 0 Å². The summed E-state index contributed by atoms with van der Waals surface area (Å²) in [6, 6.07) is 0. The Morgan fingerprint density at radius 1 is 1.57 bits per heavy atom. The number of hydrogen-bond acceptors (Lipinski definition) is 2. The van der Waals surface area contributed by atoms with Gasteiger partial charge < -0.3 is 5.11 Å². The van der Waals surface area contributed by atoms with Crippen LogP contribution in [0.2, 0.25) is 0 Å². The van der Waals surface area contributed by atoms with Crippen LogP contribution in [0.3, 0.4) is 0 Å². The fourth-order valence-corrected chi connectivity index (χ4v) is 1.47. The molecule has 0 amide bonds. The molecule has 0 aliphatic rings. The fraction of sp³-hybridized carbons (Fsp3) is 0.600. The van der Waals surface area contributed by atoms with Crippen molar-refractivity contribution in [2.24, 2.45) is 0 Å². The van der Waals surface area contributed by atoms with Crippen LogP contribution < -0.4 is 0 Å². The van der Waals surface area contributed by atoms with Crippen molar-refractivity contribution in [1.82, 2.24) is 9.78 Å². The molecule has 0 saturated carbocycles. The molecule has 14 heavy (non-hydrogen) atoms. The number of carboxylic acid groups (broad SMARTS) is 1. The van der Waals surface area contributed by atoms with Crippen molar-refractivity contribution < 1.29 is 9.90 Å². The number of carboxylic acids is 1. The van der Waals surface area contributed by atoms with Crippen LogP contribution in [0.4, 0.5) is 0 Å². The molecule has 0 bridgehead atoms. The van der Waals surface area contributed by atoms with E-state index < -0.39 is 5.97 Å². The summed E-state index contributed by atoms with van der Waals surface area (Å²) in [4.78, 5) is 10.9. The second-order valence-corrected chi connectivity index (χ2v) is 4.25. The maximum atomic E-state index is 10.9. The molecule has 1 rings (SSSR count). The van der Waals surface area contributed by atoms with Crippen LogP contribution in [-0.2, 0) is 12.0 Å². The van der Waals surface area contributed by atoms with E-state index in [9.17, 15) is 4.79 Å². The first kappa shape index (κ1) is 10.8. The van der Waals surface area contributed by atoms with Crippen molar-refractivity contribution in [2.45, 2.75) is 39.7 Å². The van der Waals surface area contributed by atoms with Crippen molar-refractivity contribution in [1.29, 1.82) is 0 Å². The van der Waals surface area contributed by atoms with Gasteiger partial charge in [-0.25, -0.2) is 4.79 Å². The van der Waals surface area contributed by atoms with E-state index in [0.717, 1.165) is 5.69 Å². The monoisotopic (exact) mass is 196 g/mol. The van der Waals surface area contributed by atoms with Gasteiger partial charge in [0.1, 0.15) is 5.56 Å². The lowest BCUT2D eigenvalue weighted by Gasteiger charge is -2.22.